The van der Waals surface area contributed by atoms with Crippen molar-refractivity contribution < 1.29 is 14.6 Å². The van der Waals surface area contributed by atoms with Crippen LogP contribution in [0.25, 0.3) is 0 Å². The second-order valence-electron chi connectivity index (χ2n) is 3.01. The number of aromatic carboxylic acids is 1. The van der Waals surface area contributed by atoms with Crippen LogP contribution in [0, 0.1) is 0 Å². The van der Waals surface area contributed by atoms with Crippen molar-refractivity contribution in [1.82, 2.24) is 4.98 Å². The van der Waals surface area contributed by atoms with E-state index >= 15 is 0 Å². The van der Waals surface area contributed by atoms with Gasteiger partial charge in [-0.2, -0.15) is 0 Å². The Morgan fingerprint density at radius 3 is 3.13 bits per heavy atom. The predicted octanol–water partition coefficient (Wildman–Crippen LogP) is 1.23. The molecule has 0 aromatic carbocycles. The molecule has 0 aliphatic carbocycles. The van der Waals surface area contributed by atoms with Gasteiger partial charge >= 0.3 is 5.97 Å². The minimum atomic E-state index is -0.947. The van der Waals surface area contributed by atoms with Crippen molar-refractivity contribution in [3.63, 3.8) is 0 Å². The van der Waals surface area contributed by atoms with Crippen LogP contribution in [0.1, 0.15) is 16.8 Å². The molecule has 2 N–H and O–H groups in total. The van der Waals surface area contributed by atoms with Gasteiger partial charge in [-0.1, -0.05) is 0 Å². The molecule has 0 amide bonds. The first-order valence-electron chi connectivity index (χ1n) is 4.66. The van der Waals surface area contributed by atoms with Gasteiger partial charge in [-0.15, -0.1) is 0 Å². The first-order valence-corrected chi connectivity index (χ1v) is 4.66. The Labute approximate surface area is 88.1 Å². The first kappa shape index (κ1) is 11.5. The Balaban J connectivity index is 2.47. The Hall–Kier alpha value is -1.62. The van der Waals surface area contributed by atoms with Crippen molar-refractivity contribution in [1.29, 1.82) is 0 Å². The largest absolute Gasteiger partial charge is 0.478 e. The SMILES string of the molecule is COCCCNc1cc(C(=O)O)ccn1. The number of carboxylic acid groups (broad SMARTS) is 1. The highest BCUT2D eigenvalue weighted by molar-refractivity contribution is 5.88. The second kappa shape index (κ2) is 5.98. The van der Waals surface area contributed by atoms with Gasteiger partial charge in [0.05, 0.1) is 5.56 Å². The highest BCUT2D eigenvalue weighted by atomic mass is 16.5. The normalized spacial score (nSPS) is 9.93. The highest BCUT2D eigenvalue weighted by Gasteiger charge is 2.03. The highest BCUT2D eigenvalue weighted by Crippen LogP contribution is 2.06. The zero-order valence-electron chi connectivity index (χ0n) is 8.56. The summed E-state index contributed by atoms with van der Waals surface area (Å²) in [7, 11) is 1.64. The summed E-state index contributed by atoms with van der Waals surface area (Å²) in [5.74, 6) is -0.372. The summed E-state index contributed by atoms with van der Waals surface area (Å²) < 4.78 is 4.89. The molecule has 0 atom stereocenters. The summed E-state index contributed by atoms with van der Waals surface area (Å²) in [5.41, 5.74) is 0.235. The molecule has 0 bridgehead atoms. The van der Waals surface area contributed by atoms with Gasteiger partial charge in [0.15, 0.2) is 0 Å². The minimum absolute atomic E-state index is 0.235. The zero-order chi connectivity index (χ0) is 11.1. The third kappa shape index (κ3) is 3.95. The summed E-state index contributed by atoms with van der Waals surface area (Å²) >= 11 is 0. The number of aromatic nitrogens is 1. The molecule has 0 saturated carbocycles. The molecule has 0 radical (unpaired) electrons. The number of anilines is 1. The average Bonchev–Trinajstić information content (AvgIpc) is 2.25. The van der Waals surface area contributed by atoms with Crippen LogP contribution in [-0.4, -0.2) is 36.3 Å². The molecule has 1 aromatic rings. The number of hydrogen-bond acceptors (Lipinski definition) is 4. The molecule has 5 heteroatoms. The van der Waals surface area contributed by atoms with E-state index in [1.165, 1.54) is 18.3 Å². The fourth-order valence-corrected chi connectivity index (χ4v) is 1.09. The molecule has 0 fully saturated rings. The van der Waals surface area contributed by atoms with Gasteiger partial charge < -0.3 is 15.2 Å². The number of nitrogens with zero attached hydrogens (tertiary/aromatic N) is 1. The van der Waals surface area contributed by atoms with Crippen molar-refractivity contribution in [3.05, 3.63) is 23.9 Å². The minimum Gasteiger partial charge on any atom is -0.478 e. The fourth-order valence-electron chi connectivity index (χ4n) is 1.09. The van der Waals surface area contributed by atoms with Crippen LogP contribution >= 0.6 is 0 Å². The quantitative estimate of drug-likeness (QED) is 0.691. The zero-order valence-corrected chi connectivity index (χ0v) is 8.56. The lowest BCUT2D eigenvalue weighted by Crippen LogP contribution is -2.07. The smallest absolute Gasteiger partial charge is 0.335 e. The first-order chi connectivity index (χ1) is 7.24. The molecular formula is C10H14N2O3. The number of nitrogens with one attached hydrogen (secondary N) is 1. The van der Waals surface area contributed by atoms with E-state index in [2.05, 4.69) is 10.3 Å². The van der Waals surface area contributed by atoms with E-state index in [9.17, 15) is 4.79 Å². The van der Waals surface area contributed by atoms with Crippen molar-refractivity contribution in [3.8, 4) is 0 Å². The van der Waals surface area contributed by atoms with Gasteiger partial charge in [0, 0.05) is 26.5 Å². The average molecular weight is 210 g/mol. The molecule has 1 aromatic heterocycles. The van der Waals surface area contributed by atoms with Gasteiger partial charge in [0.2, 0.25) is 0 Å². The monoisotopic (exact) mass is 210 g/mol. The van der Waals surface area contributed by atoms with Crippen LogP contribution in [0.5, 0.6) is 0 Å². The van der Waals surface area contributed by atoms with E-state index in [-0.39, 0.29) is 5.56 Å². The van der Waals surface area contributed by atoms with E-state index in [4.69, 9.17) is 9.84 Å². The van der Waals surface area contributed by atoms with Crippen molar-refractivity contribution in [2.75, 3.05) is 25.6 Å². The van der Waals surface area contributed by atoms with E-state index < -0.39 is 5.97 Å². The standard InChI is InChI=1S/C10H14N2O3/c1-15-6-2-4-11-9-7-8(10(13)14)3-5-12-9/h3,5,7H,2,4,6H2,1H3,(H,11,12)(H,13,14). The number of pyridine rings is 1. The number of rotatable bonds is 6. The maximum Gasteiger partial charge on any atom is 0.335 e. The summed E-state index contributed by atoms with van der Waals surface area (Å²) in [6.07, 6.45) is 2.33. The van der Waals surface area contributed by atoms with Gasteiger partial charge in [0.25, 0.3) is 0 Å². The number of carboxylic acids is 1. The lowest BCUT2D eigenvalue weighted by atomic mass is 10.2. The van der Waals surface area contributed by atoms with Crippen LogP contribution in [0.15, 0.2) is 18.3 Å². The molecule has 82 valence electrons. The van der Waals surface area contributed by atoms with Crippen molar-refractivity contribution >= 4 is 11.8 Å². The van der Waals surface area contributed by atoms with Crippen LogP contribution in [-0.2, 0) is 4.74 Å². The van der Waals surface area contributed by atoms with Gasteiger partial charge in [-0.25, -0.2) is 9.78 Å². The number of methoxy groups -OCH3 is 1. The number of carbonyl (C=O) groups is 1. The summed E-state index contributed by atoms with van der Waals surface area (Å²) in [6.45, 7) is 1.38. The van der Waals surface area contributed by atoms with Crippen LogP contribution in [0.4, 0.5) is 5.82 Å². The van der Waals surface area contributed by atoms with Crippen molar-refractivity contribution in [2.45, 2.75) is 6.42 Å². The maximum atomic E-state index is 10.7. The topological polar surface area (TPSA) is 71.5 Å². The van der Waals surface area contributed by atoms with Gasteiger partial charge in [-0.05, 0) is 18.6 Å². The van der Waals surface area contributed by atoms with Gasteiger partial charge in [0.1, 0.15) is 5.82 Å². The Kier molecular flexibility index (Phi) is 4.56. The Morgan fingerprint density at radius 2 is 2.47 bits per heavy atom. The van der Waals surface area contributed by atoms with Crippen LogP contribution < -0.4 is 5.32 Å². The summed E-state index contributed by atoms with van der Waals surface area (Å²) in [6, 6.07) is 2.97. The molecule has 1 rings (SSSR count). The predicted molar refractivity (Wildman–Crippen MR) is 56.2 cm³/mol. The van der Waals surface area contributed by atoms with E-state index in [0.29, 0.717) is 19.0 Å². The van der Waals surface area contributed by atoms with E-state index in [1.54, 1.807) is 7.11 Å². The lowest BCUT2D eigenvalue weighted by molar-refractivity contribution is 0.0697. The number of ether oxygens (including phenoxy) is 1. The molecule has 0 spiro atoms. The maximum absolute atomic E-state index is 10.7. The second-order valence-corrected chi connectivity index (χ2v) is 3.01. The molecule has 0 aliphatic rings. The Morgan fingerprint density at radius 1 is 1.67 bits per heavy atom. The molecule has 0 saturated heterocycles. The molecular weight excluding hydrogens is 196 g/mol. The Bertz CT molecular complexity index is 328. The summed E-state index contributed by atoms with van der Waals surface area (Å²) in [5, 5.41) is 11.8. The van der Waals surface area contributed by atoms with Crippen molar-refractivity contribution in [2.24, 2.45) is 0 Å². The third-order valence-corrected chi connectivity index (χ3v) is 1.84. The van der Waals surface area contributed by atoms with Crippen LogP contribution in [0.3, 0.4) is 0 Å². The number of hydrogen-bond donors (Lipinski definition) is 2. The third-order valence-electron chi connectivity index (χ3n) is 1.84. The summed E-state index contributed by atoms with van der Waals surface area (Å²) in [4.78, 5) is 14.7. The fraction of sp³-hybridized carbons (Fsp3) is 0.400. The molecule has 15 heavy (non-hydrogen) atoms. The van der Waals surface area contributed by atoms with Crippen LogP contribution in [0.2, 0.25) is 0 Å². The van der Waals surface area contributed by atoms with E-state index in [1.807, 2.05) is 0 Å². The van der Waals surface area contributed by atoms with E-state index in [0.717, 1.165) is 6.42 Å². The molecule has 0 aliphatic heterocycles. The molecule has 5 nitrogen and oxygen atoms in total. The molecule has 0 unspecified atom stereocenters. The molecule has 1 heterocycles. The lowest BCUT2D eigenvalue weighted by Gasteiger charge is -2.05. The van der Waals surface area contributed by atoms with Gasteiger partial charge in [-0.3, -0.25) is 0 Å².